The standard InChI is InChI=1S/C11H10N4OS/c12-6-9-2-1-4-15(9)7-8-3-5-17-10(8)11(16)14-13/h1-5H,7,13H2,(H,14,16). The first-order valence-corrected chi connectivity index (χ1v) is 5.76. The molecule has 2 heterocycles. The zero-order chi connectivity index (χ0) is 12.3. The molecule has 0 saturated carbocycles. The second-order valence-corrected chi connectivity index (χ2v) is 4.30. The molecular formula is C11H10N4OS. The van der Waals surface area contributed by atoms with Gasteiger partial charge in [-0.1, -0.05) is 0 Å². The van der Waals surface area contributed by atoms with Crippen LogP contribution in [0.4, 0.5) is 0 Å². The summed E-state index contributed by atoms with van der Waals surface area (Å²) in [6, 6.07) is 7.48. The average Bonchev–Trinajstić information content (AvgIpc) is 2.97. The molecule has 0 aliphatic rings. The summed E-state index contributed by atoms with van der Waals surface area (Å²) in [5.74, 6) is 4.80. The van der Waals surface area contributed by atoms with Crippen molar-refractivity contribution in [3.63, 3.8) is 0 Å². The number of aromatic nitrogens is 1. The van der Waals surface area contributed by atoms with E-state index in [2.05, 4.69) is 11.5 Å². The van der Waals surface area contributed by atoms with Gasteiger partial charge in [-0.15, -0.1) is 11.3 Å². The van der Waals surface area contributed by atoms with Crippen LogP contribution >= 0.6 is 11.3 Å². The van der Waals surface area contributed by atoms with Gasteiger partial charge in [0, 0.05) is 12.7 Å². The number of nitrogen functional groups attached to an aromatic ring is 1. The van der Waals surface area contributed by atoms with Crippen LogP contribution in [0.15, 0.2) is 29.8 Å². The lowest BCUT2D eigenvalue weighted by Crippen LogP contribution is -2.30. The molecule has 2 aromatic rings. The molecule has 6 heteroatoms. The third-order valence-electron chi connectivity index (χ3n) is 2.37. The maximum absolute atomic E-state index is 11.5. The quantitative estimate of drug-likeness (QED) is 0.482. The van der Waals surface area contributed by atoms with Crippen LogP contribution in [0, 0.1) is 11.3 Å². The number of hydrogen-bond donors (Lipinski definition) is 2. The van der Waals surface area contributed by atoms with Crippen molar-refractivity contribution in [1.82, 2.24) is 9.99 Å². The number of amides is 1. The Bertz CT molecular complexity index is 578. The highest BCUT2D eigenvalue weighted by Crippen LogP contribution is 2.18. The van der Waals surface area contributed by atoms with Gasteiger partial charge in [0.25, 0.3) is 5.91 Å². The molecule has 5 nitrogen and oxygen atoms in total. The van der Waals surface area contributed by atoms with Gasteiger partial charge >= 0.3 is 0 Å². The Hall–Kier alpha value is -2.10. The normalized spacial score (nSPS) is 9.88. The van der Waals surface area contributed by atoms with Crippen LogP contribution in [-0.4, -0.2) is 10.5 Å². The number of carbonyl (C=O) groups is 1. The summed E-state index contributed by atoms with van der Waals surface area (Å²) in [5.41, 5.74) is 3.53. The molecule has 0 unspecified atom stereocenters. The number of rotatable bonds is 3. The van der Waals surface area contributed by atoms with Crippen molar-refractivity contribution in [3.8, 4) is 6.07 Å². The number of nitrogens with two attached hydrogens (primary N) is 1. The van der Waals surface area contributed by atoms with Crippen LogP contribution < -0.4 is 11.3 Å². The molecule has 3 N–H and O–H groups in total. The number of thiophene rings is 1. The van der Waals surface area contributed by atoms with Crippen LogP contribution in [0.3, 0.4) is 0 Å². The van der Waals surface area contributed by atoms with Gasteiger partial charge in [-0.3, -0.25) is 10.2 Å². The van der Waals surface area contributed by atoms with Crippen LogP contribution in [0.2, 0.25) is 0 Å². The minimum Gasteiger partial charge on any atom is -0.335 e. The Morgan fingerprint density at radius 3 is 3.12 bits per heavy atom. The summed E-state index contributed by atoms with van der Waals surface area (Å²) in [5, 5.41) is 10.7. The summed E-state index contributed by atoms with van der Waals surface area (Å²) < 4.78 is 1.79. The molecule has 0 spiro atoms. The van der Waals surface area contributed by atoms with Crippen molar-refractivity contribution in [2.45, 2.75) is 6.54 Å². The Balaban J connectivity index is 2.29. The first-order chi connectivity index (χ1) is 8.26. The van der Waals surface area contributed by atoms with E-state index in [9.17, 15) is 4.79 Å². The average molecular weight is 246 g/mol. The van der Waals surface area contributed by atoms with E-state index in [4.69, 9.17) is 11.1 Å². The van der Waals surface area contributed by atoms with E-state index in [1.165, 1.54) is 11.3 Å². The van der Waals surface area contributed by atoms with E-state index < -0.39 is 0 Å². The number of nitrogens with zero attached hydrogens (tertiary/aromatic N) is 2. The summed E-state index contributed by atoms with van der Waals surface area (Å²) in [4.78, 5) is 12.1. The third-order valence-corrected chi connectivity index (χ3v) is 3.32. The molecule has 0 bridgehead atoms. The Labute approximate surface area is 102 Å². The molecule has 0 atom stereocenters. The highest BCUT2D eigenvalue weighted by atomic mass is 32.1. The summed E-state index contributed by atoms with van der Waals surface area (Å²) in [7, 11) is 0. The molecule has 1 amide bonds. The summed E-state index contributed by atoms with van der Waals surface area (Å²) in [6.07, 6.45) is 1.81. The molecule has 0 aliphatic carbocycles. The number of hydrazine groups is 1. The summed E-state index contributed by atoms with van der Waals surface area (Å²) >= 11 is 1.33. The van der Waals surface area contributed by atoms with Crippen LogP contribution in [-0.2, 0) is 6.54 Å². The fourth-order valence-corrected chi connectivity index (χ4v) is 2.38. The smallest absolute Gasteiger partial charge is 0.275 e. The van der Waals surface area contributed by atoms with Gasteiger partial charge in [-0.25, -0.2) is 5.84 Å². The minimum absolute atomic E-state index is 0.305. The predicted octanol–water partition coefficient (Wildman–Crippen LogP) is 1.07. The second kappa shape index (κ2) is 4.82. The van der Waals surface area contributed by atoms with Crippen molar-refractivity contribution in [2.24, 2.45) is 5.84 Å². The molecule has 2 rings (SSSR count). The highest BCUT2D eigenvalue weighted by Gasteiger charge is 2.12. The van der Waals surface area contributed by atoms with E-state index in [0.717, 1.165) is 5.56 Å². The van der Waals surface area contributed by atoms with Crippen molar-refractivity contribution < 1.29 is 4.79 Å². The predicted molar refractivity (Wildman–Crippen MR) is 64.2 cm³/mol. The van der Waals surface area contributed by atoms with Crippen LogP contribution in [0.5, 0.6) is 0 Å². The van der Waals surface area contributed by atoms with Gasteiger partial charge < -0.3 is 4.57 Å². The highest BCUT2D eigenvalue weighted by molar-refractivity contribution is 7.12. The molecule has 0 fully saturated rings. The SMILES string of the molecule is N#Cc1cccn1Cc1ccsc1C(=O)NN. The maximum Gasteiger partial charge on any atom is 0.275 e. The van der Waals surface area contributed by atoms with Gasteiger partial charge in [0.1, 0.15) is 11.8 Å². The fourth-order valence-electron chi connectivity index (χ4n) is 1.56. The van der Waals surface area contributed by atoms with E-state index in [1.807, 2.05) is 11.4 Å². The van der Waals surface area contributed by atoms with Crippen molar-refractivity contribution in [3.05, 3.63) is 45.9 Å². The lowest BCUT2D eigenvalue weighted by molar-refractivity contribution is 0.0957. The largest absolute Gasteiger partial charge is 0.335 e. The Morgan fingerprint density at radius 2 is 2.41 bits per heavy atom. The molecule has 86 valence electrons. The molecule has 17 heavy (non-hydrogen) atoms. The molecule has 0 radical (unpaired) electrons. The van der Waals surface area contributed by atoms with Crippen LogP contribution in [0.25, 0.3) is 0 Å². The van der Waals surface area contributed by atoms with Gasteiger partial charge in [-0.2, -0.15) is 5.26 Å². The van der Waals surface area contributed by atoms with E-state index >= 15 is 0 Å². The zero-order valence-electron chi connectivity index (χ0n) is 8.88. The van der Waals surface area contributed by atoms with Gasteiger partial charge in [-0.05, 0) is 29.1 Å². The molecule has 2 aromatic heterocycles. The number of carbonyl (C=O) groups excluding carboxylic acids is 1. The van der Waals surface area contributed by atoms with Crippen molar-refractivity contribution >= 4 is 17.2 Å². The van der Waals surface area contributed by atoms with Gasteiger partial charge in [0.15, 0.2) is 0 Å². The minimum atomic E-state index is -0.305. The van der Waals surface area contributed by atoms with E-state index in [0.29, 0.717) is 17.1 Å². The molecule has 0 saturated heterocycles. The first kappa shape index (κ1) is 11.4. The van der Waals surface area contributed by atoms with E-state index in [1.54, 1.807) is 22.9 Å². The summed E-state index contributed by atoms with van der Waals surface area (Å²) in [6.45, 7) is 0.488. The molecule has 0 aromatic carbocycles. The third kappa shape index (κ3) is 2.20. The van der Waals surface area contributed by atoms with Crippen molar-refractivity contribution in [1.29, 1.82) is 5.26 Å². The Morgan fingerprint density at radius 1 is 1.59 bits per heavy atom. The first-order valence-electron chi connectivity index (χ1n) is 4.89. The lowest BCUT2D eigenvalue weighted by Gasteiger charge is -2.05. The zero-order valence-corrected chi connectivity index (χ0v) is 9.70. The van der Waals surface area contributed by atoms with Gasteiger partial charge in [0.05, 0.1) is 4.88 Å². The Kier molecular flexibility index (Phi) is 3.23. The maximum atomic E-state index is 11.5. The molecule has 0 aliphatic heterocycles. The number of nitrogens with one attached hydrogen (secondary N) is 1. The number of nitriles is 1. The van der Waals surface area contributed by atoms with E-state index in [-0.39, 0.29) is 5.91 Å². The topological polar surface area (TPSA) is 83.8 Å². The van der Waals surface area contributed by atoms with Crippen molar-refractivity contribution in [2.75, 3.05) is 0 Å². The lowest BCUT2D eigenvalue weighted by atomic mass is 10.2. The monoisotopic (exact) mass is 246 g/mol. The van der Waals surface area contributed by atoms with Crippen LogP contribution in [0.1, 0.15) is 20.9 Å². The fraction of sp³-hybridized carbons (Fsp3) is 0.0909. The van der Waals surface area contributed by atoms with Gasteiger partial charge in [0.2, 0.25) is 0 Å². The number of hydrogen-bond acceptors (Lipinski definition) is 4. The second-order valence-electron chi connectivity index (χ2n) is 3.38. The molecular weight excluding hydrogens is 236 g/mol.